The fraction of sp³-hybridized carbons (Fsp3) is 0.200. The van der Waals surface area contributed by atoms with Gasteiger partial charge in [0.1, 0.15) is 11.5 Å². The van der Waals surface area contributed by atoms with E-state index >= 15 is 0 Å². The molecule has 0 fully saturated rings. The number of alkyl halides is 1. The predicted molar refractivity (Wildman–Crippen MR) is 77.4 cm³/mol. The van der Waals surface area contributed by atoms with Crippen molar-refractivity contribution in [3.8, 4) is 0 Å². The Kier molecular flexibility index (Phi) is 3.62. The average Bonchev–Trinajstić information content (AvgIpc) is 2.85. The molecule has 0 aliphatic carbocycles. The number of hydrogen-bond acceptors (Lipinski definition) is 3. The van der Waals surface area contributed by atoms with E-state index in [0.717, 1.165) is 11.9 Å². The zero-order chi connectivity index (χ0) is 15.7. The first-order valence-electron chi connectivity index (χ1n) is 6.63. The molecule has 1 aliphatic rings. The fourth-order valence-electron chi connectivity index (χ4n) is 2.09. The minimum absolute atomic E-state index is 0.0642. The van der Waals surface area contributed by atoms with E-state index in [1.165, 1.54) is 6.07 Å². The van der Waals surface area contributed by atoms with Gasteiger partial charge in [-0.2, -0.15) is 10.1 Å². The number of benzene rings is 1. The van der Waals surface area contributed by atoms with Gasteiger partial charge in [-0.05, 0) is 19.1 Å². The van der Waals surface area contributed by atoms with Crippen LogP contribution in [-0.4, -0.2) is 33.9 Å². The van der Waals surface area contributed by atoms with Crippen LogP contribution in [0.15, 0.2) is 40.3 Å². The lowest BCUT2D eigenvalue weighted by Gasteiger charge is -2.06. The van der Waals surface area contributed by atoms with Crippen LogP contribution in [0.3, 0.4) is 0 Å². The lowest BCUT2D eigenvalue weighted by atomic mass is 10.2. The van der Waals surface area contributed by atoms with Crippen molar-refractivity contribution in [2.45, 2.75) is 19.6 Å². The molecule has 2 heterocycles. The van der Waals surface area contributed by atoms with Gasteiger partial charge in [-0.3, -0.25) is 9.48 Å². The van der Waals surface area contributed by atoms with Crippen LogP contribution in [0.4, 0.5) is 8.78 Å². The van der Waals surface area contributed by atoms with Gasteiger partial charge in [0.15, 0.2) is 5.84 Å². The van der Waals surface area contributed by atoms with E-state index in [1.54, 1.807) is 35.9 Å². The molecule has 1 atom stereocenters. The number of aryl methyl sites for hydroxylation is 1. The van der Waals surface area contributed by atoms with Crippen molar-refractivity contribution in [1.29, 1.82) is 0 Å². The van der Waals surface area contributed by atoms with Crippen LogP contribution in [0, 0.1) is 12.7 Å². The van der Waals surface area contributed by atoms with Crippen molar-refractivity contribution < 1.29 is 13.6 Å². The molecule has 0 saturated heterocycles. The molecule has 0 N–H and O–H groups in total. The highest BCUT2D eigenvalue weighted by Crippen LogP contribution is 2.13. The lowest BCUT2D eigenvalue weighted by Crippen LogP contribution is -2.22. The number of halogens is 2. The van der Waals surface area contributed by atoms with Crippen LogP contribution < -0.4 is 0 Å². The maximum atomic E-state index is 13.7. The molecule has 3 rings (SSSR count). The maximum Gasteiger partial charge on any atom is 0.287 e. The van der Waals surface area contributed by atoms with Gasteiger partial charge >= 0.3 is 0 Å². The molecule has 1 aromatic carbocycles. The molecule has 112 valence electrons. The molecule has 2 aromatic rings. The standard InChI is InChI=1S/C15H12F2N4O/c1-9-6-13(14-18-7-12(17)15(22)19-14)20-21(9)8-10-4-2-3-5-11(10)16/h2-7,12H,8H2,1H3. The van der Waals surface area contributed by atoms with Gasteiger partial charge in [-0.25, -0.2) is 13.8 Å². The normalized spacial score (nSPS) is 17.7. The molecule has 5 nitrogen and oxygen atoms in total. The number of carbonyl (C=O) groups excluding carboxylic acids is 1. The summed E-state index contributed by atoms with van der Waals surface area (Å²) in [6.07, 6.45) is -0.902. The molecule has 1 amide bonds. The van der Waals surface area contributed by atoms with Crippen molar-refractivity contribution >= 4 is 18.0 Å². The predicted octanol–water partition coefficient (Wildman–Crippen LogP) is 2.07. The van der Waals surface area contributed by atoms with E-state index in [4.69, 9.17) is 0 Å². The van der Waals surface area contributed by atoms with E-state index in [0.29, 0.717) is 11.3 Å². The van der Waals surface area contributed by atoms with Crippen molar-refractivity contribution in [1.82, 2.24) is 9.78 Å². The molecular weight excluding hydrogens is 290 g/mol. The molecular formula is C15H12F2N4O. The minimum Gasteiger partial charge on any atom is -0.269 e. The highest BCUT2D eigenvalue weighted by atomic mass is 19.1. The summed E-state index contributed by atoms with van der Waals surface area (Å²) in [6, 6.07) is 8.08. The molecule has 22 heavy (non-hydrogen) atoms. The Morgan fingerprint density at radius 2 is 2.09 bits per heavy atom. The zero-order valence-corrected chi connectivity index (χ0v) is 11.7. The van der Waals surface area contributed by atoms with E-state index in [1.807, 2.05) is 0 Å². The summed E-state index contributed by atoms with van der Waals surface area (Å²) in [4.78, 5) is 18.6. The van der Waals surface area contributed by atoms with Gasteiger partial charge in [0.25, 0.3) is 5.91 Å². The Labute approximate surface area is 125 Å². The number of aliphatic imine (C=N–C) groups is 2. The van der Waals surface area contributed by atoms with Crippen LogP contribution in [0.25, 0.3) is 0 Å². The number of nitrogens with zero attached hydrogens (tertiary/aromatic N) is 4. The van der Waals surface area contributed by atoms with Gasteiger partial charge in [0.2, 0.25) is 6.17 Å². The number of rotatable bonds is 3. The Morgan fingerprint density at radius 3 is 2.82 bits per heavy atom. The third kappa shape index (κ3) is 2.69. The molecule has 1 aliphatic heterocycles. The topological polar surface area (TPSA) is 59.6 Å². The number of amides is 1. The Balaban J connectivity index is 1.89. The average molecular weight is 302 g/mol. The summed E-state index contributed by atoms with van der Waals surface area (Å²) in [7, 11) is 0. The number of aromatic nitrogens is 2. The number of amidine groups is 1. The zero-order valence-electron chi connectivity index (χ0n) is 11.7. The van der Waals surface area contributed by atoms with Crippen LogP contribution in [0.5, 0.6) is 0 Å². The van der Waals surface area contributed by atoms with Gasteiger partial charge < -0.3 is 0 Å². The molecule has 1 unspecified atom stereocenters. The number of hydrogen-bond donors (Lipinski definition) is 0. The van der Waals surface area contributed by atoms with Gasteiger partial charge in [0.05, 0.1) is 12.8 Å². The van der Waals surface area contributed by atoms with Crippen molar-refractivity contribution in [3.05, 3.63) is 53.1 Å². The van der Waals surface area contributed by atoms with Crippen molar-refractivity contribution in [2.24, 2.45) is 9.98 Å². The molecule has 0 saturated carbocycles. The van der Waals surface area contributed by atoms with E-state index < -0.39 is 12.1 Å². The first kappa shape index (κ1) is 14.2. The quantitative estimate of drug-likeness (QED) is 0.871. The molecule has 0 spiro atoms. The smallest absolute Gasteiger partial charge is 0.269 e. The van der Waals surface area contributed by atoms with E-state index in [9.17, 15) is 13.6 Å². The van der Waals surface area contributed by atoms with Crippen LogP contribution >= 0.6 is 0 Å². The molecule has 1 aromatic heterocycles. The molecule has 0 radical (unpaired) electrons. The second-order valence-corrected chi connectivity index (χ2v) is 4.87. The third-order valence-corrected chi connectivity index (χ3v) is 3.27. The van der Waals surface area contributed by atoms with Crippen LogP contribution in [0.2, 0.25) is 0 Å². The highest BCUT2D eigenvalue weighted by molar-refractivity contribution is 6.15. The minimum atomic E-state index is -1.80. The first-order valence-corrected chi connectivity index (χ1v) is 6.63. The van der Waals surface area contributed by atoms with Crippen molar-refractivity contribution in [2.75, 3.05) is 0 Å². The largest absolute Gasteiger partial charge is 0.287 e. The highest BCUT2D eigenvalue weighted by Gasteiger charge is 2.22. The summed E-state index contributed by atoms with van der Waals surface area (Å²) in [5.74, 6) is -1.15. The third-order valence-electron chi connectivity index (χ3n) is 3.27. The SMILES string of the molecule is Cc1cc(C2=NC(=O)C(F)C=N2)nn1Cc1ccccc1F. The fourth-order valence-corrected chi connectivity index (χ4v) is 2.09. The van der Waals surface area contributed by atoms with Crippen LogP contribution in [-0.2, 0) is 11.3 Å². The van der Waals surface area contributed by atoms with E-state index in [2.05, 4.69) is 15.1 Å². The Morgan fingerprint density at radius 1 is 1.32 bits per heavy atom. The van der Waals surface area contributed by atoms with Gasteiger partial charge in [0, 0.05) is 11.3 Å². The monoisotopic (exact) mass is 302 g/mol. The lowest BCUT2D eigenvalue weighted by molar-refractivity contribution is -0.120. The summed E-state index contributed by atoms with van der Waals surface area (Å²) in [6.45, 7) is 2.04. The Hall–Kier alpha value is -2.70. The van der Waals surface area contributed by atoms with Gasteiger partial charge in [-0.15, -0.1) is 0 Å². The summed E-state index contributed by atoms with van der Waals surface area (Å²) >= 11 is 0. The number of carbonyl (C=O) groups is 1. The summed E-state index contributed by atoms with van der Waals surface area (Å²) in [5, 5.41) is 4.26. The van der Waals surface area contributed by atoms with Crippen molar-refractivity contribution in [3.63, 3.8) is 0 Å². The second kappa shape index (κ2) is 5.59. The summed E-state index contributed by atoms with van der Waals surface area (Å²) in [5.41, 5.74) is 1.60. The summed E-state index contributed by atoms with van der Waals surface area (Å²) < 4.78 is 28.3. The van der Waals surface area contributed by atoms with Crippen LogP contribution in [0.1, 0.15) is 17.0 Å². The van der Waals surface area contributed by atoms with E-state index in [-0.39, 0.29) is 18.2 Å². The molecule has 0 bridgehead atoms. The maximum absolute atomic E-state index is 13.7. The van der Waals surface area contributed by atoms with Gasteiger partial charge in [-0.1, -0.05) is 18.2 Å². The first-order chi connectivity index (χ1) is 10.5. The molecule has 7 heteroatoms. The second-order valence-electron chi connectivity index (χ2n) is 4.87. The Bertz CT molecular complexity index is 795.